The fourth-order valence-corrected chi connectivity index (χ4v) is 5.28. The van der Waals surface area contributed by atoms with E-state index < -0.39 is 12.0 Å². The Morgan fingerprint density at radius 2 is 1.68 bits per heavy atom. The molecule has 0 N–H and O–H groups in total. The fraction of sp³-hybridized carbons (Fsp3) is 0.296. The van der Waals surface area contributed by atoms with Crippen LogP contribution in [0.15, 0.2) is 57.5 Å². The second-order valence-electron chi connectivity index (χ2n) is 8.03. The molecule has 0 bridgehead atoms. The Labute approximate surface area is 217 Å². The van der Waals surface area contributed by atoms with E-state index in [1.54, 1.807) is 51.3 Å². The molecule has 0 radical (unpaired) electrons. The van der Waals surface area contributed by atoms with Crippen molar-refractivity contribution in [2.75, 3.05) is 35.0 Å². The van der Waals surface area contributed by atoms with E-state index in [9.17, 15) is 9.59 Å². The summed E-state index contributed by atoms with van der Waals surface area (Å²) >= 11 is 1.23. The summed E-state index contributed by atoms with van der Waals surface area (Å²) in [6.45, 7) is 3.69. The highest BCUT2D eigenvalue weighted by Gasteiger charge is 2.33. The number of fused-ring (bicyclic) bond motifs is 1. The molecule has 0 fully saturated rings. The van der Waals surface area contributed by atoms with Gasteiger partial charge in [0.25, 0.3) is 5.56 Å². The number of aromatic nitrogens is 1. The summed E-state index contributed by atoms with van der Waals surface area (Å²) in [7, 11) is 6.17. The normalized spacial score (nSPS) is 15.1. The lowest BCUT2D eigenvalue weighted by Crippen LogP contribution is -2.39. The zero-order valence-corrected chi connectivity index (χ0v) is 22.3. The minimum Gasteiger partial charge on any atom is -0.497 e. The minimum atomic E-state index is -0.705. The summed E-state index contributed by atoms with van der Waals surface area (Å²) in [5.74, 6) is 1.55. The number of carbonyl (C=O) groups excluding carboxylic acids is 1. The topological polar surface area (TPSA) is 97.6 Å². The van der Waals surface area contributed by atoms with Crippen LogP contribution in [0.4, 0.5) is 0 Å². The van der Waals surface area contributed by atoms with Crippen LogP contribution >= 0.6 is 11.3 Å². The van der Waals surface area contributed by atoms with Gasteiger partial charge in [-0.25, -0.2) is 9.79 Å². The van der Waals surface area contributed by atoms with Gasteiger partial charge in [0, 0.05) is 0 Å². The maximum atomic E-state index is 13.8. The van der Waals surface area contributed by atoms with Crippen molar-refractivity contribution >= 4 is 23.4 Å². The first-order valence-electron chi connectivity index (χ1n) is 11.5. The van der Waals surface area contributed by atoms with Crippen LogP contribution in [0.1, 0.15) is 31.0 Å². The molecule has 0 amide bonds. The smallest absolute Gasteiger partial charge is 0.338 e. The SMILES string of the molecule is CCOC(=O)C1=C(C)N=c2s/c(=C\c3cc(OC)c(OC)c(OC)c3)c(=O)n2C1c1ccc(OC)cc1. The number of carbonyl (C=O) groups is 1. The molecular formula is C27H28N2O7S. The number of methoxy groups -OCH3 is 4. The molecule has 0 saturated carbocycles. The third-order valence-electron chi connectivity index (χ3n) is 5.93. The molecule has 2 heterocycles. The number of rotatable bonds is 8. The van der Waals surface area contributed by atoms with Gasteiger partial charge in [-0.3, -0.25) is 9.36 Å². The third kappa shape index (κ3) is 4.84. The Hall–Kier alpha value is -4.05. The standard InChI is InChI=1S/C27H28N2O7S/c1-7-36-26(31)22-15(2)28-27-29(23(22)17-8-10-18(32-3)11-9-17)25(30)21(37-27)14-16-12-19(33-4)24(35-6)20(13-16)34-5/h8-14,23H,7H2,1-6H3/b21-14-. The molecule has 0 aliphatic carbocycles. The first kappa shape index (κ1) is 26.0. The summed E-state index contributed by atoms with van der Waals surface area (Å²) in [6, 6.07) is 10.1. The van der Waals surface area contributed by atoms with Crippen LogP contribution in [0.5, 0.6) is 23.0 Å². The third-order valence-corrected chi connectivity index (χ3v) is 6.92. The van der Waals surface area contributed by atoms with Gasteiger partial charge in [0.2, 0.25) is 5.75 Å². The van der Waals surface area contributed by atoms with E-state index in [1.807, 2.05) is 12.1 Å². The van der Waals surface area contributed by atoms with Crippen LogP contribution in [0.3, 0.4) is 0 Å². The second kappa shape index (κ2) is 10.9. The molecular weight excluding hydrogens is 496 g/mol. The zero-order chi connectivity index (χ0) is 26.7. The van der Waals surface area contributed by atoms with Gasteiger partial charge in [0.15, 0.2) is 16.3 Å². The van der Waals surface area contributed by atoms with Crippen molar-refractivity contribution in [3.8, 4) is 23.0 Å². The van der Waals surface area contributed by atoms with E-state index >= 15 is 0 Å². The van der Waals surface area contributed by atoms with E-state index in [-0.39, 0.29) is 12.2 Å². The molecule has 194 valence electrons. The number of thiazole rings is 1. The number of allylic oxidation sites excluding steroid dienone is 1. The lowest BCUT2D eigenvalue weighted by molar-refractivity contribution is -0.139. The van der Waals surface area contributed by atoms with Gasteiger partial charge in [-0.05, 0) is 55.3 Å². The van der Waals surface area contributed by atoms with Crippen LogP contribution in [-0.2, 0) is 9.53 Å². The fourth-order valence-electron chi connectivity index (χ4n) is 4.23. The Morgan fingerprint density at radius 3 is 2.22 bits per heavy atom. The summed E-state index contributed by atoms with van der Waals surface area (Å²) < 4.78 is 28.9. The molecule has 0 spiro atoms. The first-order chi connectivity index (χ1) is 17.9. The van der Waals surface area contributed by atoms with Crippen molar-refractivity contribution in [1.29, 1.82) is 0 Å². The molecule has 1 unspecified atom stereocenters. The molecule has 37 heavy (non-hydrogen) atoms. The van der Waals surface area contributed by atoms with E-state index in [0.717, 1.165) is 5.56 Å². The Kier molecular flexibility index (Phi) is 7.68. The molecule has 1 atom stereocenters. The van der Waals surface area contributed by atoms with Crippen LogP contribution in [0.2, 0.25) is 0 Å². The van der Waals surface area contributed by atoms with E-state index in [0.29, 0.717) is 49.2 Å². The number of benzene rings is 2. The van der Waals surface area contributed by atoms with Gasteiger partial charge < -0.3 is 23.7 Å². The van der Waals surface area contributed by atoms with Gasteiger partial charge in [0.1, 0.15) is 5.75 Å². The maximum Gasteiger partial charge on any atom is 0.338 e. The quantitative estimate of drug-likeness (QED) is 0.418. The molecule has 1 aromatic heterocycles. The van der Waals surface area contributed by atoms with Crippen LogP contribution < -0.4 is 33.8 Å². The summed E-state index contributed by atoms with van der Waals surface area (Å²) in [5, 5.41) is 0. The molecule has 9 nitrogen and oxygen atoms in total. The maximum absolute atomic E-state index is 13.8. The van der Waals surface area contributed by atoms with E-state index in [1.165, 1.54) is 37.2 Å². The van der Waals surface area contributed by atoms with E-state index in [2.05, 4.69) is 4.99 Å². The first-order valence-corrected chi connectivity index (χ1v) is 12.3. The molecule has 1 aliphatic heterocycles. The van der Waals surface area contributed by atoms with Gasteiger partial charge >= 0.3 is 5.97 Å². The highest BCUT2D eigenvalue weighted by molar-refractivity contribution is 7.07. The minimum absolute atomic E-state index is 0.205. The van der Waals surface area contributed by atoms with Gasteiger partial charge in [-0.1, -0.05) is 23.5 Å². The molecule has 10 heteroatoms. The summed E-state index contributed by atoms with van der Waals surface area (Å²) in [6.07, 6.45) is 1.74. The predicted octanol–water partition coefficient (Wildman–Crippen LogP) is 2.83. The van der Waals surface area contributed by atoms with Crippen LogP contribution in [0.25, 0.3) is 6.08 Å². The average Bonchev–Trinajstić information content (AvgIpc) is 3.21. The highest BCUT2D eigenvalue weighted by atomic mass is 32.1. The second-order valence-corrected chi connectivity index (χ2v) is 9.04. The Morgan fingerprint density at radius 1 is 1.03 bits per heavy atom. The lowest BCUT2D eigenvalue weighted by Gasteiger charge is -2.24. The lowest BCUT2D eigenvalue weighted by atomic mass is 9.96. The van der Waals surface area contributed by atoms with Crippen molar-refractivity contribution in [2.45, 2.75) is 19.9 Å². The van der Waals surface area contributed by atoms with Gasteiger partial charge in [-0.15, -0.1) is 0 Å². The molecule has 4 rings (SSSR count). The van der Waals surface area contributed by atoms with Gasteiger partial charge in [-0.2, -0.15) is 0 Å². The summed E-state index contributed by atoms with van der Waals surface area (Å²) in [4.78, 5) is 31.9. The Balaban J connectivity index is 1.94. The van der Waals surface area contributed by atoms with Crippen molar-refractivity contribution in [3.63, 3.8) is 0 Å². The van der Waals surface area contributed by atoms with Crippen molar-refractivity contribution in [2.24, 2.45) is 4.99 Å². The molecule has 0 saturated heterocycles. The van der Waals surface area contributed by atoms with Crippen LogP contribution in [0, 0.1) is 0 Å². The molecule has 3 aromatic rings. The highest BCUT2D eigenvalue weighted by Crippen LogP contribution is 2.38. The Bertz CT molecular complexity index is 1510. The largest absolute Gasteiger partial charge is 0.497 e. The zero-order valence-electron chi connectivity index (χ0n) is 21.5. The van der Waals surface area contributed by atoms with Crippen molar-refractivity contribution < 1.29 is 28.5 Å². The number of hydrogen-bond acceptors (Lipinski definition) is 9. The average molecular weight is 525 g/mol. The molecule has 1 aliphatic rings. The predicted molar refractivity (Wildman–Crippen MR) is 139 cm³/mol. The number of nitrogens with zero attached hydrogens (tertiary/aromatic N) is 2. The van der Waals surface area contributed by atoms with E-state index in [4.69, 9.17) is 23.7 Å². The van der Waals surface area contributed by atoms with Crippen LogP contribution in [-0.4, -0.2) is 45.6 Å². The number of esters is 1. The number of ether oxygens (including phenoxy) is 5. The number of hydrogen-bond donors (Lipinski definition) is 0. The monoisotopic (exact) mass is 524 g/mol. The molecule has 2 aromatic carbocycles. The van der Waals surface area contributed by atoms with Crippen molar-refractivity contribution in [1.82, 2.24) is 4.57 Å². The summed E-state index contributed by atoms with van der Waals surface area (Å²) in [5.41, 5.74) is 1.95. The van der Waals surface area contributed by atoms with Gasteiger partial charge in [0.05, 0.1) is 56.9 Å². The van der Waals surface area contributed by atoms with Crippen molar-refractivity contribution in [3.05, 3.63) is 78.5 Å².